The zero-order valence-electron chi connectivity index (χ0n) is 14.6. The Labute approximate surface area is 144 Å². The Balaban J connectivity index is 1.66. The highest BCUT2D eigenvalue weighted by molar-refractivity contribution is 5.70. The number of nitrogens with one attached hydrogen (secondary N) is 1. The van der Waals surface area contributed by atoms with Gasteiger partial charge in [0.1, 0.15) is 5.75 Å². The molecule has 4 nitrogen and oxygen atoms in total. The van der Waals surface area contributed by atoms with Crippen LogP contribution in [-0.2, 0) is 10.2 Å². The van der Waals surface area contributed by atoms with Crippen molar-refractivity contribution in [2.24, 2.45) is 5.92 Å². The second-order valence-corrected chi connectivity index (χ2v) is 7.46. The maximum Gasteiger partial charge on any atom is 0.306 e. The van der Waals surface area contributed by atoms with E-state index >= 15 is 0 Å². The molecule has 0 bridgehead atoms. The number of methoxy groups -OCH3 is 1. The SMILES string of the molecule is COc1ccccc1C1(CNC2CCC(C(=O)O)CC2)CCCC1. The van der Waals surface area contributed by atoms with Gasteiger partial charge in [0.05, 0.1) is 13.0 Å². The lowest BCUT2D eigenvalue weighted by atomic mass is 9.77. The Morgan fingerprint density at radius 3 is 2.50 bits per heavy atom. The number of carbonyl (C=O) groups is 1. The third-order valence-electron chi connectivity index (χ3n) is 6.04. The predicted octanol–water partition coefficient (Wildman–Crippen LogP) is 3.74. The van der Waals surface area contributed by atoms with E-state index in [2.05, 4.69) is 23.5 Å². The fourth-order valence-corrected chi connectivity index (χ4v) is 4.56. The van der Waals surface area contributed by atoms with Crippen LogP contribution in [0, 0.1) is 5.92 Å². The molecule has 0 aromatic heterocycles. The number of aliphatic carboxylic acids is 1. The summed E-state index contributed by atoms with van der Waals surface area (Å²) in [7, 11) is 1.75. The largest absolute Gasteiger partial charge is 0.496 e. The molecule has 3 rings (SSSR count). The van der Waals surface area contributed by atoms with Crippen molar-refractivity contribution in [3.05, 3.63) is 29.8 Å². The Hall–Kier alpha value is -1.55. The second-order valence-electron chi connectivity index (χ2n) is 7.46. The summed E-state index contributed by atoms with van der Waals surface area (Å²) in [6.45, 7) is 0.968. The molecule has 0 unspecified atom stereocenters. The number of rotatable bonds is 6. The fourth-order valence-electron chi connectivity index (χ4n) is 4.56. The van der Waals surface area contributed by atoms with Crippen LogP contribution in [-0.4, -0.2) is 30.8 Å². The van der Waals surface area contributed by atoms with Crippen LogP contribution in [0.2, 0.25) is 0 Å². The molecule has 1 aromatic rings. The molecular formula is C20H29NO3. The number of carboxylic acid groups (broad SMARTS) is 1. The molecule has 0 spiro atoms. The summed E-state index contributed by atoms with van der Waals surface area (Å²) in [5.41, 5.74) is 1.49. The van der Waals surface area contributed by atoms with Crippen LogP contribution in [0.4, 0.5) is 0 Å². The molecule has 0 aliphatic heterocycles. The van der Waals surface area contributed by atoms with Gasteiger partial charge in [-0.1, -0.05) is 31.0 Å². The molecule has 2 aliphatic rings. The van der Waals surface area contributed by atoms with E-state index in [-0.39, 0.29) is 11.3 Å². The van der Waals surface area contributed by atoms with Crippen molar-refractivity contribution in [3.8, 4) is 5.75 Å². The molecule has 2 aliphatic carbocycles. The monoisotopic (exact) mass is 331 g/mol. The van der Waals surface area contributed by atoms with E-state index in [9.17, 15) is 4.79 Å². The quantitative estimate of drug-likeness (QED) is 0.834. The normalized spacial score (nSPS) is 26.2. The Kier molecular flexibility index (Phi) is 5.44. The smallest absolute Gasteiger partial charge is 0.306 e. The maximum atomic E-state index is 11.1. The number of para-hydroxylation sites is 1. The van der Waals surface area contributed by atoms with Gasteiger partial charge >= 0.3 is 5.97 Å². The van der Waals surface area contributed by atoms with Gasteiger partial charge in [-0.15, -0.1) is 0 Å². The van der Waals surface area contributed by atoms with Gasteiger partial charge in [-0.25, -0.2) is 0 Å². The number of hydrogen-bond donors (Lipinski definition) is 2. The lowest BCUT2D eigenvalue weighted by Crippen LogP contribution is -2.43. The average Bonchev–Trinajstić information content (AvgIpc) is 3.10. The molecule has 0 atom stereocenters. The first-order valence-corrected chi connectivity index (χ1v) is 9.24. The van der Waals surface area contributed by atoms with Crippen LogP contribution >= 0.6 is 0 Å². The minimum absolute atomic E-state index is 0.141. The van der Waals surface area contributed by atoms with Crippen molar-refractivity contribution in [3.63, 3.8) is 0 Å². The molecule has 2 saturated carbocycles. The molecule has 1 aromatic carbocycles. The highest BCUT2D eigenvalue weighted by Crippen LogP contribution is 2.44. The Morgan fingerprint density at radius 1 is 1.21 bits per heavy atom. The van der Waals surface area contributed by atoms with Crippen LogP contribution in [0.15, 0.2) is 24.3 Å². The van der Waals surface area contributed by atoms with Gasteiger partial charge in [-0.05, 0) is 44.6 Å². The Morgan fingerprint density at radius 2 is 1.88 bits per heavy atom. The molecule has 0 amide bonds. The van der Waals surface area contributed by atoms with E-state index in [1.165, 1.54) is 31.2 Å². The molecule has 0 saturated heterocycles. The number of hydrogen-bond acceptors (Lipinski definition) is 3. The minimum Gasteiger partial charge on any atom is -0.496 e. The van der Waals surface area contributed by atoms with E-state index in [0.29, 0.717) is 6.04 Å². The van der Waals surface area contributed by atoms with Gasteiger partial charge in [-0.3, -0.25) is 4.79 Å². The molecule has 0 radical (unpaired) electrons. The van der Waals surface area contributed by atoms with Crippen molar-refractivity contribution < 1.29 is 14.6 Å². The highest BCUT2D eigenvalue weighted by atomic mass is 16.5. The topological polar surface area (TPSA) is 58.6 Å². The van der Waals surface area contributed by atoms with Gasteiger partial charge in [0.2, 0.25) is 0 Å². The zero-order valence-corrected chi connectivity index (χ0v) is 14.6. The van der Waals surface area contributed by atoms with Crippen molar-refractivity contribution in [2.45, 2.75) is 62.8 Å². The van der Waals surface area contributed by atoms with Gasteiger partial charge in [0.15, 0.2) is 0 Å². The standard InChI is InChI=1S/C20H29NO3/c1-24-18-7-3-2-6-17(18)20(12-4-5-13-20)14-21-16-10-8-15(9-11-16)19(22)23/h2-3,6-7,15-16,21H,4-5,8-14H2,1H3,(H,22,23). The number of benzene rings is 1. The van der Waals surface area contributed by atoms with Gasteiger partial charge < -0.3 is 15.2 Å². The van der Waals surface area contributed by atoms with E-state index in [1.54, 1.807) is 7.11 Å². The number of ether oxygens (including phenoxy) is 1. The first-order chi connectivity index (χ1) is 11.6. The summed E-state index contributed by atoms with van der Waals surface area (Å²) in [5.74, 6) is 0.225. The summed E-state index contributed by atoms with van der Waals surface area (Å²) in [6.07, 6.45) is 8.48. The highest BCUT2D eigenvalue weighted by Gasteiger charge is 2.38. The van der Waals surface area contributed by atoms with Crippen molar-refractivity contribution in [1.82, 2.24) is 5.32 Å². The molecular weight excluding hydrogens is 302 g/mol. The maximum absolute atomic E-state index is 11.1. The van der Waals surface area contributed by atoms with Crippen molar-refractivity contribution in [2.75, 3.05) is 13.7 Å². The second kappa shape index (κ2) is 7.56. The average molecular weight is 331 g/mol. The summed E-state index contributed by atoms with van der Waals surface area (Å²) >= 11 is 0. The van der Waals surface area contributed by atoms with Crippen molar-refractivity contribution >= 4 is 5.97 Å². The molecule has 0 heterocycles. The molecule has 2 fully saturated rings. The van der Waals surface area contributed by atoms with E-state index in [0.717, 1.165) is 38.0 Å². The van der Waals surface area contributed by atoms with E-state index < -0.39 is 5.97 Å². The third-order valence-corrected chi connectivity index (χ3v) is 6.04. The molecule has 4 heteroatoms. The first kappa shape index (κ1) is 17.3. The summed E-state index contributed by atoms with van der Waals surface area (Å²) in [6, 6.07) is 8.87. The number of carboxylic acids is 1. The molecule has 24 heavy (non-hydrogen) atoms. The van der Waals surface area contributed by atoms with E-state index in [1.807, 2.05) is 6.07 Å². The van der Waals surface area contributed by atoms with Crippen LogP contribution in [0.1, 0.15) is 56.9 Å². The third kappa shape index (κ3) is 3.59. The molecule has 132 valence electrons. The summed E-state index contributed by atoms with van der Waals surface area (Å²) in [4.78, 5) is 11.1. The van der Waals surface area contributed by atoms with Crippen LogP contribution < -0.4 is 10.1 Å². The fraction of sp³-hybridized carbons (Fsp3) is 0.650. The lowest BCUT2D eigenvalue weighted by Gasteiger charge is -2.35. The van der Waals surface area contributed by atoms with Crippen LogP contribution in [0.25, 0.3) is 0 Å². The lowest BCUT2D eigenvalue weighted by molar-refractivity contribution is -0.142. The van der Waals surface area contributed by atoms with Gasteiger partial charge in [0.25, 0.3) is 0 Å². The van der Waals surface area contributed by atoms with Crippen molar-refractivity contribution in [1.29, 1.82) is 0 Å². The molecule has 2 N–H and O–H groups in total. The zero-order chi connectivity index (χ0) is 17.0. The van der Waals surface area contributed by atoms with Crippen LogP contribution in [0.3, 0.4) is 0 Å². The van der Waals surface area contributed by atoms with E-state index in [4.69, 9.17) is 9.84 Å². The Bertz CT molecular complexity index is 558. The summed E-state index contributed by atoms with van der Waals surface area (Å²) < 4.78 is 5.62. The first-order valence-electron chi connectivity index (χ1n) is 9.24. The predicted molar refractivity (Wildman–Crippen MR) is 94.5 cm³/mol. The summed E-state index contributed by atoms with van der Waals surface area (Å²) in [5, 5.41) is 12.9. The van der Waals surface area contributed by atoms with Gasteiger partial charge in [0, 0.05) is 23.6 Å². The van der Waals surface area contributed by atoms with Crippen LogP contribution in [0.5, 0.6) is 5.75 Å². The van der Waals surface area contributed by atoms with Gasteiger partial charge in [-0.2, -0.15) is 0 Å². The minimum atomic E-state index is -0.630.